The predicted molar refractivity (Wildman–Crippen MR) is 31.7 cm³/mol. The first-order valence-electron chi connectivity index (χ1n) is 2.22. The summed E-state index contributed by atoms with van der Waals surface area (Å²) < 4.78 is 0. The molecule has 0 aliphatic carbocycles. The standard InChI is InChI=1S/C5H8O2.Sb/c1-3-5(7)4(2)6;/h3H2,1-2H3;. The first-order chi connectivity index (χ1) is 3.18. The zero-order valence-corrected chi connectivity index (χ0v) is 7.52. The van der Waals surface area contributed by atoms with Crippen LogP contribution in [0.2, 0.25) is 0 Å². The Labute approximate surface area is 66.1 Å². The molecule has 0 saturated carbocycles. The quantitative estimate of drug-likeness (QED) is 0.493. The summed E-state index contributed by atoms with van der Waals surface area (Å²) in [6, 6.07) is 0. The first-order valence-corrected chi connectivity index (χ1v) is 2.22. The Hall–Kier alpha value is 0.158. The minimum absolute atomic E-state index is 0. The van der Waals surface area contributed by atoms with Gasteiger partial charge in [-0.05, 0) is 0 Å². The molecule has 0 spiro atoms. The summed E-state index contributed by atoms with van der Waals surface area (Å²) in [5, 5.41) is 0. The van der Waals surface area contributed by atoms with Gasteiger partial charge in [0.15, 0.2) is 11.6 Å². The van der Waals surface area contributed by atoms with Crippen LogP contribution < -0.4 is 0 Å². The van der Waals surface area contributed by atoms with Crippen LogP contribution in [0.5, 0.6) is 0 Å². The van der Waals surface area contributed by atoms with Crippen molar-refractivity contribution < 1.29 is 9.59 Å². The van der Waals surface area contributed by atoms with Crippen molar-refractivity contribution in [1.82, 2.24) is 0 Å². The van der Waals surface area contributed by atoms with Gasteiger partial charge in [-0.25, -0.2) is 0 Å². The normalized spacial score (nSPS) is 7.25. The van der Waals surface area contributed by atoms with E-state index in [0.29, 0.717) is 6.42 Å². The van der Waals surface area contributed by atoms with Crippen LogP contribution in [-0.2, 0) is 9.59 Å². The topological polar surface area (TPSA) is 34.1 Å². The fraction of sp³-hybridized carbons (Fsp3) is 0.600. The molecular formula is C5H8O2Sb. The van der Waals surface area contributed by atoms with Crippen molar-refractivity contribution in [3.63, 3.8) is 0 Å². The smallest absolute Gasteiger partial charge is 0.197 e. The molecule has 0 rings (SSSR count). The van der Waals surface area contributed by atoms with Crippen LogP contribution in [0.4, 0.5) is 0 Å². The van der Waals surface area contributed by atoms with Gasteiger partial charge in [-0.3, -0.25) is 9.59 Å². The molecule has 0 unspecified atom stereocenters. The second-order valence-corrected chi connectivity index (χ2v) is 1.33. The Bertz CT molecular complexity index is 98.6. The molecule has 2 nitrogen and oxygen atoms in total. The Morgan fingerprint density at radius 1 is 1.38 bits per heavy atom. The van der Waals surface area contributed by atoms with Crippen LogP contribution in [0.3, 0.4) is 0 Å². The number of carbonyl (C=O) groups is 2. The van der Waals surface area contributed by atoms with Crippen molar-refractivity contribution >= 4 is 36.0 Å². The van der Waals surface area contributed by atoms with Crippen molar-refractivity contribution in [2.45, 2.75) is 20.3 Å². The zero-order valence-electron chi connectivity index (χ0n) is 4.97. The van der Waals surface area contributed by atoms with Crippen molar-refractivity contribution in [1.29, 1.82) is 0 Å². The van der Waals surface area contributed by atoms with Crippen molar-refractivity contribution in [3.8, 4) is 0 Å². The summed E-state index contributed by atoms with van der Waals surface area (Å²) in [7, 11) is 0. The van der Waals surface area contributed by atoms with Gasteiger partial charge in [0, 0.05) is 37.8 Å². The van der Waals surface area contributed by atoms with E-state index < -0.39 is 0 Å². The van der Waals surface area contributed by atoms with Gasteiger partial charge < -0.3 is 0 Å². The van der Waals surface area contributed by atoms with Crippen LogP contribution in [0, 0.1) is 0 Å². The van der Waals surface area contributed by atoms with E-state index in [1.54, 1.807) is 6.92 Å². The summed E-state index contributed by atoms with van der Waals surface area (Å²) in [4.78, 5) is 20.2. The Morgan fingerprint density at radius 2 is 1.75 bits per heavy atom. The van der Waals surface area contributed by atoms with E-state index in [-0.39, 0.29) is 36.0 Å². The molecule has 0 aliphatic rings. The summed E-state index contributed by atoms with van der Waals surface area (Å²) in [6.45, 7) is 2.95. The maximum Gasteiger partial charge on any atom is 0.197 e. The SMILES string of the molecule is CCC(=O)C(C)=O.[Sb]. The maximum absolute atomic E-state index is 10.2. The number of Topliss-reactive ketones (excluding diaryl/α,β-unsaturated/α-hetero) is 2. The summed E-state index contributed by atoms with van der Waals surface area (Å²) in [5.74, 6) is -0.637. The summed E-state index contributed by atoms with van der Waals surface area (Å²) >= 11 is 0. The molecule has 0 aromatic heterocycles. The second-order valence-electron chi connectivity index (χ2n) is 1.33. The van der Waals surface area contributed by atoms with Gasteiger partial charge >= 0.3 is 0 Å². The van der Waals surface area contributed by atoms with E-state index in [1.165, 1.54) is 6.92 Å². The van der Waals surface area contributed by atoms with E-state index in [2.05, 4.69) is 0 Å². The van der Waals surface area contributed by atoms with Gasteiger partial charge in [0.05, 0.1) is 0 Å². The average molecular weight is 222 g/mol. The summed E-state index contributed by atoms with van der Waals surface area (Å²) in [5.41, 5.74) is 0. The fourth-order valence-corrected chi connectivity index (χ4v) is 0.249. The molecule has 0 aliphatic heterocycles. The molecule has 3 radical (unpaired) electrons. The van der Waals surface area contributed by atoms with Crippen LogP contribution in [0.1, 0.15) is 20.3 Å². The monoisotopic (exact) mass is 221 g/mol. The van der Waals surface area contributed by atoms with Crippen molar-refractivity contribution in [2.24, 2.45) is 0 Å². The minimum Gasteiger partial charge on any atom is -0.291 e. The molecule has 8 heavy (non-hydrogen) atoms. The molecule has 0 aromatic carbocycles. The van der Waals surface area contributed by atoms with Gasteiger partial charge in [-0.1, -0.05) is 6.92 Å². The van der Waals surface area contributed by atoms with Crippen molar-refractivity contribution in [3.05, 3.63) is 0 Å². The maximum atomic E-state index is 10.2. The largest absolute Gasteiger partial charge is 0.291 e. The molecule has 0 bridgehead atoms. The number of hydrogen-bond acceptors (Lipinski definition) is 2. The molecule has 0 atom stereocenters. The van der Waals surface area contributed by atoms with Gasteiger partial charge in [-0.15, -0.1) is 0 Å². The predicted octanol–water partition coefficient (Wildman–Crippen LogP) is 0.174. The number of hydrogen-bond donors (Lipinski definition) is 0. The van der Waals surface area contributed by atoms with E-state index in [4.69, 9.17) is 0 Å². The van der Waals surface area contributed by atoms with E-state index in [0.717, 1.165) is 0 Å². The third-order valence-electron chi connectivity index (χ3n) is 0.714. The number of ketones is 2. The van der Waals surface area contributed by atoms with Gasteiger partial charge in [0.2, 0.25) is 0 Å². The summed E-state index contributed by atoms with van der Waals surface area (Å²) in [6.07, 6.45) is 0.329. The van der Waals surface area contributed by atoms with Gasteiger partial charge in [0.25, 0.3) is 0 Å². The molecule has 0 saturated heterocycles. The molecule has 0 N–H and O–H groups in total. The van der Waals surface area contributed by atoms with Crippen LogP contribution in [-0.4, -0.2) is 36.0 Å². The number of rotatable bonds is 2. The third kappa shape index (κ3) is 4.32. The van der Waals surface area contributed by atoms with Crippen LogP contribution >= 0.6 is 0 Å². The molecule has 3 heteroatoms. The number of carbonyl (C=O) groups excluding carboxylic acids is 2. The molecular weight excluding hydrogens is 214 g/mol. The Morgan fingerprint density at radius 3 is 1.75 bits per heavy atom. The third-order valence-corrected chi connectivity index (χ3v) is 0.714. The molecule has 0 aromatic rings. The first kappa shape index (κ1) is 11.0. The van der Waals surface area contributed by atoms with E-state index in [1.807, 2.05) is 0 Å². The van der Waals surface area contributed by atoms with Crippen LogP contribution in [0.15, 0.2) is 0 Å². The Kier molecular flexibility index (Phi) is 7.30. The molecule has 0 heterocycles. The van der Waals surface area contributed by atoms with Crippen molar-refractivity contribution in [2.75, 3.05) is 0 Å². The fourth-order valence-electron chi connectivity index (χ4n) is 0.249. The minimum atomic E-state index is -0.345. The van der Waals surface area contributed by atoms with E-state index >= 15 is 0 Å². The zero-order chi connectivity index (χ0) is 5.86. The van der Waals surface area contributed by atoms with Gasteiger partial charge in [-0.2, -0.15) is 0 Å². The second kappa shape index (κ2) is 5.30. The van der Waals surface area contributed by atoms with Gasteiger partial charge in [0.1, 0.15) is 0 Å². The Balaban J connectivity index is 0. The molecule has 0 amide bonds. The molecule has 45 valence electrons. The van der Waals surface area contributed by atoms with E-state index in [9.17, 15) is 9.59 Å². The molecule has 0 fully saturated rings. The average Bonchev–Trinajstić information content (AvgIpc) is 1.65. The van der Waals surface area contributed by atoms with Crippen LogP contribution in [0.25, 0.3) is 0 Å².